The number of hydrogen-bond donors (Lipinski definition) is 1. The van der Waals surface area contributed by atoms with E-state index in [-0.39, 0.29) is 17.0 Å². The van der Waals surface area contributed by atoms with Crippen LogP contribution in [0.2, 0.25) is 5.02 Å². The molecule has 0 aliphatic rings. The van der Waals surface area contributed by atoms with Gasteiger partial charge in [-0.15, -0.1) is 0 Å². The zero-order valence-corrected chi connectivity index (χ0v) is 13.4. The molecular weight excluding hydrogens is 340 g/mol. The third-order valence-electron chi connectivity index (χ3n) is 3.37. The van der Waals surface area contributed by atoms with E-state index >= 15 is 0 Å². The van der Waals surface area contributed by atoms with E-state index in [1.54, 1.807) is 0 Å². The van der Waals surface area contributed by atoms with Crippen molar-refractivity contribution in [2.75, 3.05) is 7.11 Å². The number of carbonyl (C=O) groups is 2. The molecule has 0 heterocycles. The van der Waals surface area contributed by atoms with E-state index < -0.39 is 29.6 Å². The Balaban J connectivity index is 2.29. The quantitative estimate of drug-likeness (QED) is 0.835. The Morgan fingerprint density at radius 2 is 1.83 bits per heavy atom. The van der Waals surface area contributed by atoms with Crippen LogP contribution in [0.5, 0.6) is 0 Å². The predicted octanol–water partition coefficient (Wildman–Crippen LogP) is 3.65. The van der Waals surface area contributed by atoms with Gasteiger partial charge in [0.05, 0.1) is 30.2 Å². The van der Waals surface area contributed by atoms with Crippen LogP contribution in [0.3, 0.4) is 0 Å². The number of amides is 1. The van der Waals surface area contributed by atoms with Gasteiger partial charge in [0.25, 0.3) is 5.91 Å². The first kappa shape index (κ1) is 17.9. The molecule has 7 heteroatoms. The molecule has 0 aromatic heterocycles. The molecule has 2 aromatic carbocycles. The summed E-state index contributed by atoms with van der Waals surface area (Å²) in [5, 5.41) is 2.48. The molecule has 0 bridgehead atoms. The number of rotatable bonds is 5. The maximum Gasteiger partial charge on any atom is 0.307 e. The summed E-state index contributed by atoms with van der Waals surface area (Å²) in [5.74, 6) is -2.60. The molecule has 0 saturated carbocycles. The van der Waals surface area contributed by atoms with Crippen molar-refractivity contribution in [3.05, 3.63) is 70.2 Å². The SMILES string of the molecule is COC(=O)CC(NC(=O)c1c(F)cccc1Cl)c1ccc(F)cc1. The second-order valence-electron chi connectivity index (χ2n) is 4.95. The molecule has 0 fully saturated rings. The fraction of sp³-hybridized carbons (Fsp3) is 0.176. The van der Waals surface area contributed by atoms with Gasteiger partial charge >= 0.3 is 5.97 Å². The second-order valence-corrected chi connectivity index (χ2v) is 5.36. The first-order chi connectivity index (χ1) is 11.4. The Morgan fingerprint density at radius 3 is 2.42 bits per heavy atom. The largest absolute Gasteiger partial charge is 0.469 e. The highest BCUT2D eigenvalue weighted by Gasteiger charge is 2.23. The number of ether oxygens (including phenoxy) is 1. The predicted molar refractivity (Wildman–Crippen MR) is 84.7 cm³/mol. The standard InChI is InChI=1S/C17H14ClF2NO3/c1-24-15(22)9-14(10-5-7-11(19)8-6-10)21-17(23)16-12(18)3-2-4-13(16)20/h2-8,14H,9H2,1H3,(H,21,23). The van der Waals surface area contributed by atoms with Crippen molar-refractivity contribution >= 4 is 23.5 Å². The van der Waals surface area contributed by atoms with E-state index in [1.165, 1.54) is 43.5 Å². The molecule has 2 rings (SSSR count). The van der Waals surface area contributed by atoms with Crippen molar-refractivity contribution in [2.45, 2.75) is 12.5 Å². The van der Waals surface area contributed by atoms with Crippen molar-refractivity contribution in [1.29, 1.82) is 0 Å². The van der Waals surface area contributed by atoms with Crippen LogP contribution in [-0.4, -0.2) is 19.0 Å². The van der Waals surface area contributed by atoms with Crippen LogP contribution < -0.4 is 5.32 Å². The summed E-state index contributed by atoms with van der Waals surface area (Å²) in [6.45, 7) is 0. The van der Waals surface area contributed by atoms with Crippen molar-refractivity contribution < 1.29 is 23.1 Å². The van der Waals surface area contributed by atoms with Crippen LogP contribution in [0.1, 0.15) is 28.4 Å². The maximum atomic E-state index is 13.8. The highest BCUT2D eigenvalue weighted by atomic mass is 35.5. The number of esters is 1. The highest BCUT2D eigenvalue weighted by Crippen LogP contribution is 2.22. The summed E-state index contributed by atoms with van der Waals surface area (Å²) in [7, 11) is 1.21. The Labute approximate surface area is 142 Å². The molecule has 0 aliphatic carbocycles. The van der Waals surface area contributed by atoms with Gasteiger partial charge in [-0.05, 0) is 29.8 Å². The Morgan fingerprint density at radius 1 is 1.17 bits per heavy atom. The van der Waals surface area contributed by atoms with E-state index in [4.69, 9.17) is 11.6 Å². The van der Waals surface area contributed by atoms with Gasteiger partial charge in [-0.3, -0.25) is 9.59 Å². The topological polar surface area (TPSA) is 55.4 Å². The molecule has 2 aromatic rings. The van der Waals surface area contributed by atoms with Gasteiger partial charge in [0, 0.05) is 0 Å². The molecule has 24 heavy (non-hydrogen) atoms. The van der Waals surface area contributed by atoms with Gasteiger partial charge in [-0.25, -0.2) is 8.78 Å². The summed E-state index contributed by atoms with van der Waals surface area (Å²) in [6, 6.07) is 8.28. The molecule has 0 spiro atoms. The zero-order valence-electron chi connectivity index (χ0n) is 12.7. The number of benzene rings is 2. The van der Waals surface area contributed by atoms with Crippen molar-refractivity contribution in [3.8, 4) is 0 Å². The lowest BCUT2D eigenvalue weighted by molar-refractivity contribution is -0.141. The summed E-state index contributed by atoms with van der Waals surface area (Å²) < 4.78 is 31.5. The monoisotopic (exact) mass is 353 g/mol. The Hall–Kier alpha value is -2.47. The van der Waals surface area contributed by atoms with Gasteiger partial charge < -0.3 is 10.1 Å². The third-order valence-corrected chi connectivity index (χ3v) is 3.68. The number of carbonyl (C=O) groups excluding carboxylic acids is 2. The Bertz CT molecular complexity index is 730. The smallest absolute Gasteiger partial charge is 0.307 e. The Kier molecular flexibility index (Phi) is 5.87. The third kappa shape index (κ3) is 4.29. The van der Waals surface area contributed by atoms with Gasteiger partial charge in [0.15, 0.2) is 0 Å². The number of methoxy groups -OCH3 is 1. The van der Waals surface area contributed by atoms with E-state index in [0.29, 0.717) is 5.56 Å². The fourth-order valence-corrected chi connectivity index (χ4v) is 2.39. The number of halogens is 3. The second kappa shape index (κ2) is 7.88. The summed E-state index contributed by atoms with van der Waals surface area (Å²) in [5.41, 5.74) is 0.152. The average molecular weight is 354 g/mol. The lowest BCUT2D eigenvalue weighted by Gasteiger charge is -2.19. The lowest BCUT2D eigenvalue weighted by atomic mass is 10.0. The highest BCUT2D eigenvalue weighted by molar-refractivity contribution is 6.33. The minimum Gasteiger partial charge on any atom is -0.469 e. The average Bonchev–Trinajstić information content (AvgIpc) is 2.54. The fourth-order valence-electron chi connectivity index (χ4n) is 2.14. The molecule has 0 radical (unpaired) electrons. The maximum absolute atomic E-state index is 13.8. The van der Waals surface area contributed by atoms with Crippen LogP contribution in [-0.2, 0) is 9.53 Å². The molecule has 0 saturated heterocycles. The van der Waals surface area contributed by atoms with Crippen LogP contribution in [0.15, 0.2) is 42.5 Å². The van der Waals surface area contributed by atoms with Crippen LogP contribution in [0, 0.1) is 11.6 Å². The van der Waals surface area contributed by atoms with Crippen LogP contribution in [0.25, 0.3) is 0 Å². The van der Waals surface area contributed by atoms with Gasteiger partial charge in [0.2, 0.25) is 0 Å². The molecule has 0 aliphatic heterocycles. The first-order valence-electron chi connectivity index (χ1n) is 6.99. The molecular formula is C17H14ClF2NO3. The van der Waals surface area contributed by atoms with Gasteiger partial charge in [-0.2, -0.15) is 0 Å². The lowest BCUT2D eigenvalue weighted by Crippen LogP contribution is -2.31. The molecule has 126 valence electrons. The molecule has 4 nitrogen and oxygen atoms in total. The summed E-state index contributed by atoms with van der Waals surface area (Å²) in [4.78, 5) is 23.9. The summed E-state index contributed by atoms with van der Waals surface area (Å²) >= 11 is 5.87. The molecule has 1 N–H and O–H groups in total. The van der Waals surface area contributed by atoms with Crippen molar-refractivity contribution in [1.82, 2.24) is 5.32 Å². The molecule has 1 amide bonds. The number of hydrogen-bond acceptors (Lipinski definition) is 3. The van der Waals surface area contributed by atoms with Crippen molar-refractivity contribution in [2.24, 2.45) is 0 Å². The van der Waals surface area contributed by atoms with E-state index in [1.807, 2.05) is 0 Å². The van der Waals surface area contributed by atoms with E-state index in [0.717, 1.165) is 6.07 Å². The molecule has 1 unspecified atom stereocenters. The number of nitrogens with one attached hydrogen (secondary N) is 1. The van der Waals surface area contributed by atoms with Gasteiger partial charge in [0.1, 0.15) is 11.6 Å². The minimum atomic E-state index is -0.818. The van der Waals surface area contributed by atoms with Crippen LogP contribution in [0.4, 0.5) is 8.78 Å². The van der Waals surface area contributed by atoms with Crippen LogP contribution >= 0.6 is 11.6 Å². The van der Waals surface area contributed by atoms with E-state index in [9.17, 15) is 18.4 Å². The summed E-state index contributed by atoms with van der Waals surface area (Å²) in [6.07, 6.45) is -0.194. The van der Waals surface area contributed by atoms with Crippen molar-refractivity contribution in [3.63, 3.8) is 0 Å². The zero-order chi connectivity index (χ0) is 17.7. The minimum absolute atomic E-state index is 0.0524. The van der Waals surface area contributed by atoms with Gasteiger partial charge in [-0.1, -0.05) is 29.8 Å². The normalized spacial score (nSPS) is 11.7. The molecule has 1 atom stereocenters. The first-order valence-corrected chi connectivity index (χ1v) is 7.37. The van der Waals surface area contributed by atoms with E-state index in [2.05, 4.69) is 10.1 Å².